The van der Waals surface area contributed by atoms with E-state index < -0.39 is 0 Å². The molecule has 134 valence electrons. The highest BCUT2D eigenvalue weighted by Gasteiger charge is 2.15. The van der Waals surface area contributed by atoms with Gasteiger partial charge in [0.05, 0.1) is 12.1 Å². The number of halogens is 1. The van der Waals surface area contributed by atoms with Crippen LogP contribution in [0.1, 0.15) is 26.5 Å². The van der Waals surface area contributed by atoms with Crippen LogP contribution >= 0.6 is 24.0 Å². The first kappa shape index (κ1) is 20.8. The van der Waals surface area contributed by atoms with Crippen LogP contribution in [-0.4, -0.2) is 43.3 Å². The molecule has 24 heavy (non-hydrogen) atoms. The molecular formula is C18H29IN4O. The molecule has 0 radical (unpaired) electrons. The number of ether oxygens (including phenoxy) is 1. The molecule has 3 N–H and O–H groups in total. The van der Waals surface area contributed by atoms with Gasteiger partial charge in [-0.25, -0.2) is 0 Å². The molecule has 2 rings (SSSR count). The van der Waals surface area contributed by atoms with Crippen molar-refractivity contribution in [3.63, 3.8) is 0 Å². The number of H-pyrrole nitrogens is 1. The van der Waals surface area contributed by atoms with Crippen LogP contribution in [0.4, 0.5) is 0 Å². The lowest BCUT2D eigenvalue weighted by Crippen LogP contribution is -2.40. The van der Waals surface area contributed by atoms with Crippen LogP contribution < -0.4 is 10.6 Å². The van der Waals surface area contributed by atoms with Gasteiger partial charge in [-0.2, -0.15) is 0 Å². The van der Waals surface area contributed by atoms with E-state index in [1.165, 1.54) is 16.6 Å². The van der Waals surface area contributed by atoms with Gasteiger partial charge in [0.15, 0.2) is 5.96 Å². The minimum absolute atomic E-state index is 0. The van der Waals surface area contributed by atoms with E-state index in [4.69, 9.17) is 4.74 Å². The average molecular weight is 444 g/mol. The van der Waals surface area contributed by atoms with Gasteiger partial charge in [-0.05, 0) is 38.3 Å². The van der Waals surface area contributed by atoms with Crippen LogP contribution in [0.2, 0.25) is 0 Å². The minimum Gasteiger partial charge on any atom is -0.377 e. The van der Waals surface area contributed by atoms with Gasteiger partial charge in [0, 0.05) is 37.8 Å². The van der Waals surface area contributed by atoms with E-state index in [2.05, 4.69) is 51.8 Å². The Bertz CT molecular complexity index is 618. The third kappa shape index (κ3) is 6.32. The largest absolute Gasteiger partial charge is 0.377 e. The summed E-state index contributed by atoms with van der Waals surface area (Å²) in [6, 6.07) is 10.5. The summed E-state index contributed by atoms with van der Waals surface area (Å²) in [5, 5.41) is 7.89. The molecule has 1 aromatic heterocycles. The number of guanidine groups is 1. The number of benzene rings is 1. The fraction of sp³-hybridized carbons (Fsp3) is 0.500. The first-order valence-electron chi connectivity index (χ1n) is 8.18. The standard InChI is InChI=1S/C18H28N4O.HI/c1-5-19-17(21-13-18(2,3)23-4)20-11-10-15-12-14-8-6-7-9-16(14)22-15;/h6-9,12,22H,5,10-11,13H2,1-4H3,(H2,19,20,21);1H. The van der Waals surface area contributed by atoms with Gasteiger partial charge < -0.3 is 20.4 Å². The van der Waals surface area contributed by atoms with E-state index in [0.29, 0.717) is 6.54 Å². The van der Waals surface area contributed by atoms with Crippen LogP contribution in [0.3, 0.4) is 0 Å². The molecule has 1 aromatic carbocycles. The second-order valence-corrected chi connectivity index (χ2v) is 6.22. The molecule has 0 saturated carbocycles. The highest BCUT2D eigenvalue weighted by molar-refractivity contribution is 14.0. The van der Waals surface area contributed by atoms with Crippen LogP contribution in [0, 0.1) is 0 Å². The molecule has 0 aliphatic carbocycles. The lowest BCUT2D eigenvalue weighted by molar-refractivity contribution is 0.0310. The quantitative estimate of drug-likeness (QED) is 0.349. The maximum Gasteiger partial charge on any atom is 0.191 e. The number of aromatic amines is 1. The van der Waals surface area contributed by atoms with Crippen molar-refractivity contribution < 1.29 is 4.74 Å². The lowest BCUT2D eigenvalue weighted by atomic mass is 10.1. The molecule has 6 heteroatoms. The molecule has 0 fully saturated rings. The number of aromatic nitrogens is 1. The van der Waals surface area contributed by atoms with Gasteiger partial charge in [-0.3, -0.25) is 4.99 Å². The molecule has 5 nitrogen and oxygen atoms in total. The van der Waals surface area contributed by atoms with Crippen molar-refractivity contribution in [3.8, 4) is 0 Å². The van der Waals surface area contributed by atoms with Crippen molar-refractivity contribution in [1.82, 2.24) is 15.6 Å². The van der Waals surface area contributed by atoms with E-state index in [9.17, 15) is 0 Å². The monoisotopic (exact) mass is 444 g/mol. The third-order valence-electron chi connectivity index (χ3n) is 3.79. The van der Waals surface area contributed by atoms with E-state index in [1.54, 1.807) is 7.11 Å². The molecular weight excluding hydrogens is 415 g/mol. The number of aliphatic imine (C=N–C) groups is 1. The molecule has 0 aliphatic rings. The van der Waals surface area contributed by atoms with Gasteiger partial charge >= 0.3 is 0 Å². The van der Waals surface area contributed by atoms with Gasteiger partial charge in [-0.15, -0.1) is 24.0 Å². The van der Waals surface area contributed by atoms with Crippen LogP contribution in [0.15, 0.2) is 35.3 Å². The molecule has 1 heterocycles. The zero-order valence-electron chi connectivity index (χ0n) is 15.0. The lowest BCUT2D eigenvalue weighted by Gasteiger charge is -2.21. The highest BCUT2D eigenvalue weighted by Crippen LogP contribution is 2.14. The summed E-state index contributed by atoms with van der Waals surface area (Å²) in [7, 11) is 1.71. The summed E-state index contributed by atoms with van der Waals surface area (Å²) in [5.41, 5.74) is 2.16. The summed E-state index contributed by atoms with van der Waals surface area (Å²) in [6.45, 7) is 8.41. The summed E-state index contributed by atoms with van der Waals surface area (Å²) < 4.78 is 5.41. The van der Waals surface area contributed by atoms with E-state index in [-0.39, 0.29) is 29.6 Å². The number of rotatable bonds is 7. The number of nitrogens with one attached hydrogen (secondary N) is 3. The number of nitrogens with zero attached hydrogens (tertiary/aromatic N) is 1. The smallest absolute Gasteiger partial charge is 0.191 e. The SMILES string of the molecule is CCNC(=NCC(C)(C)OC)NCCc1cc2ccccc2[nH]1.I. The molecule has 0 spiro atoms. The predicted molar refractivity (Wildman–Crippen MR) is 112 cm³/mol. The maximum atomic E-state index is 5.41. The Labute approximate surface area is 161 Å². The second kappa shape index (κ2) is 9.88. The van der Waals surface area contributed by atoms with Gasteiger partial charge in [0.2, 0.25) is 0 Å². The summed E-state index contributed by atoms with van der Waals surface area (Å²) >= 11 is 0. The topological polar surface area (TPSA) is 61.4 Å². The Morgan fingerprint density at radius 2 is 2.00 bits per heavy atom. The molecule has 0 aliphatic heterocycles. The van der Waals surface area contributed by atoms with Gasteiger partial charge in [0.1, 0.15) is 0 Å². The maximum absolute atomic E-state index is 5.41. The minimum atomic E-state index is -0.250. The highest BCUT2D eigenvalue weighted by atomic mass is 127. The first-order valence-corrected chi connectivity index (χ1v) is 8.18. The van der Waals surface area contributed by atoms with Gasteiger partial charge in [-0.1, -0.05) is 18.2 Å². The Morgan fingerprint density at radius 1 is 1.25 bits per heavy atom. The fourth-order valence-corrected chi connectivity index (χ4v) is 2.26. The Kier molecular flexibility index (Phi) is 8.55. The Hall–Kier alpha value is -1.28. The van der Waals surface area contributed by atoms with E-state index in [1.807, 2.05) is 19.9 Å². The zero-order valence-corrected chi connectivity index (χ0v) is 17.3. The number of methoxy groups -OCH3 is 1. The molecule has 2 aromatic rings. The van der Waals surface area contributed by atoms with E-state index in [0.717, 1.165) is 25.5 Å². The number of para-hydroxylation sites is 1. The van der Waals surface area contributed by atoms with Crippen molar-refractivity contribution in [2.75, 3.05) is 26.7 Å². The molecule has 0 unspecified atom stereocenters. The Morgan fingerprint density at radius 3 is 2.67 bits per heavy atom. The second-order valence-electron chi connectivity index (χ2n) is 6.22. The predicted octanol–water partition coefficient (Wildman–Crippen LogP) is 3.31. The summed E-state index contributed by atoms with van der Waals surface area (Å²) in [5.74, 6) is 0.828. The van der Waals surface area contributed by atoms with Crippen molar-refractivity contribution in [2.24, 2.45) is 4.99 Å². The number of hydrogen-bond acceptors (Lipinski definition) is 2. The van der Waals surface area contributed by atoms with Crippen LogP contribution in [-0.2, 0) is 11.2 Å². The first-order chi connectivity index (χ1) is 11.0. The number of fused-ring (bicyclic) bond motifs is 1. The molecule has 0 saturated heterocycles. The van der Waals surface area contributed by atoms with Gasteiger partial charge in [0.25, 0.3) is 0 Å². The zero-order chi connectivity index (χ0) is 16.7. The van der Waals surface area contributed by atoms with Crippen LogP contribution in [0.5, 0.6) is 0 Å². The molecule has 0 atom stereocenters. The van der Waals surface area contributed by atoms with Crippen LogP contribution in [0.25, 0.3) is 10.9 Å². The fourth-order valence-electron chi connectivity index (χ4n) is 2.26. The third-order valence-corrected chi connectivity index (χ3v) is 3.79. The van der Waals surface area contributed by atoms with Crippen molar-refractivity contribution >= 4 is 40.8 Å². The normalized spacial score (nSPS) is 12.1. The van der Waals surface area contributed by atoms with E-state index >= 15 is 0 Å². The molecule has 0 bridgehead atoms. The number of hydrogen-bond donors (Lipinski definition) is 3. The van der Waals surface area contributed by atoms with Crippen molar-refractivity contribution in [1.29, 1.82) is 0 Å². The summed E-state index contributed by atoms with van der Waals surface area (Å²) in [6.07, 6.45) is 0.923. The average Bonchev–Trinajstić information content (AvgIpc) is 2.95. The van der Waals surface area contributed by atoms with Crippen molar-refractivity contribution in [3.05, 3.63) is 36.0 Å². The Balaban J connectivity index is 0.00000288. The molecule has 0 amide bonds. The van der Waals surface area contributed by atoms with Crippen molar-refractivity contribution in [2.45, 2.75) is 32.8 Å². The summed E-state index contributed by atoms with van der Waals surface area (Å²) in [4.78, 5) is 8.04.